The second kappa shape index (κ2) is 6.65. The number of halogens is 3. The van der Waals surface area contributed by atoms with Crippen LogP contribution in [0.1, 0.15) is 44.1 Å². The fourth-order valence-electron chi connectivity index (χ4n) is 3.75. The molecule has 0 fully saturated rings. The number of Topliss-reactive ketones (excluding diaryl/α,β-unsaturated/α-hetero) is 1. The SMILES string of the molecule is CCOc1ccc(C2C3=C(CC(C)CC3=O)Nc3nc(C(F)(F)F)nn32)cc1. The van der Waals surface area contributed by atoms with Crippen molar-refractivity contribution < 1.29 is 22.7 Å². The van der Waals surface area contributed by atoms with Gasteiger partial charge in [0.2, 0.25) is 5.95 Å². The van der Waals surface area contributed by atoms with Gasteiger partial charge in [0, 0.05) is 17.7 Å². The zero-order valence-corrected chi connectivity index (χ0v) is 15.4. The molecule has 2 unspecified atom stereocenters. The van der Waals surface area contributed by atoms with Gasteiger partial charge in [-0.2, -0.15) is 18.2 Å². The molecule has 28 heavy (non-hydrogen) atoms. The molecule has 1 N–H and O–H groups in total. The molecule has 0 spiro atoms. The molecule has 2 heterocycles. The molecule has 4 rings (SSSR count). The Bertz CT molecular complexity index is 947. The molecule has 0 amide bonds. The number of allylic oxidation sites excluding steroid dienone is 2. The molecule has 9 heteroatoms. The number of ether oxygens (including phenoxy) is 1. The minimum atomic E-state index is -4.67. The number of carbonyl (C=O) groups is 1. The second-order valence-electron chi connectivity index (χ2n) is 7.06. The third-order valence-electron chi connectivity index (χ3n) is 4.88. The summed E-state index contributed by atoms with van der Waals surface area (Å²) in [6.07, 6.45) is -3.75. The van der Waals surface area contributed by atoms with E-state index in [4.69, 9.17) is 4.74 Å². The van der Waals surface area contributed by atoms with Crippen LogP contribution in [0.15, 0.2) is 35.5 Å². The third-order valence-corrected chi connectivity index (χ3v) is 4.88. The van der Waals surface area contributed by atoms with Crippen molar-refractivity contribution in [3.8, 4) is 5.75 Å². The lowest BCUT2D eigenvalue weighted by Gasteiger charge is -2.34. The number of nitrogens with zero attached hydrogens (tertiary/aromatic N) is 3. The normalized spacial score (nSPS) is 21.8. The van der Waals surface area contributed by atoms with Gasteiger partial charge in [-0.15, -0.1) is 5.10 Å². The molecule has 2 atom stereocenters. The van der Waals surface area contributed by atoms with Crippen molar-refractivity contribution in [1.82, 2.24) is 14.8 Å². The first-order valence-corrected chi connectivity index (χ1v) is 9.07. The van der Waals surface area contributed by atoms with Crippen LogP contribution in [0.2, 0.25) is 0 Å². The van der Waals surface area contributed by atoms with Crippen LogP contribution in [0.4, 0.5) is 19.1 Å². The summed E-state index contributed by atoms with van der Waals surface area (Å²) in [6.45, 7) is 4.30. The summed E-state index contributed by atoms with van der Waals surface area (Å²) in [5.74, 6) is -0.572. The molecule has 1 aromatic carbocycles. The van der Waals surface area contributed by atoms with Crippen molar-refractivity contribution in [2.75, 3.05) is 11.9 Å². The van der Waals surface area contributed by atoms with Crippen LogP contribution in [0.3, 0.4) is 0 Å². The van der Waals surface area contributed by atoms with E-state index in [-0.39, 0.29) is 17.6 Å². The molecule has 1 aromatic heterocycles. The molecule has 1 aliphatic heterocycles. The maximum atomic E-state index is 13.2. The van der Waals surface area contributed by atoms with Crippen LogP contribution in [0, 0.1) is 5.92 Å². The van der Waals surface area contributed by atoms with Gasteiger partial charge in [-0.1, -0.05) is 19.1 Å². The number of alkyl halides is 3. The van der Waals surface area contributed by atoms with Crippen molar-refractivity contribution in [2.24, 2.45) is 5.92 Å². The topological polar surface area (TPSA) is 69.0 Å². The van der Waals surface area contributed by atoms with Gasteiger partial charge >= 0.3 is 6.18 Å². The van der Waals surface area contributed by atoms with Crippen LogP contribution >= 0.6 is 0 Å². The highest BCUT2D eigenvalue weighted by Crippen LogP contribution is 2.42. The van der Waals surface area contributed by atoms with E-state index in [1.165, 1.54) is 0 Å². The maximum absolute atomic E-state index is 13.2. The Kier molecular flexibility index (Phi) is 4.40. The first-order chi connectivity index (χ1) is 13.3. The van der Waals surface area contributed by atoms with Gasteiger partial charge in [-0.25, -0.2) is 4.68 Å². The Hall–Kier alpha value is -2.84. The van der Waals surface area contributed by atoms with E-state index in [9.17, 15) is 18.0 Å². The summed E-state index contributed by atoms with van der Waals surface area (Å²) in [6, 6.07) is 6.20. The van der Waals surface area contributed by atoms with E-state index in [0.29, 0.717) is 42.0 Å². The third kappa shape index (κ3) is 3.14. The van der Waals surface area contributed by atoms with Crippen LogP contribution in [0.5, 0.6) is 5.75 Å². The minimum absolute atomic E-state index is 0.00754. The van der Waals surface area contributed by atoms with E-state index >= 15 is 0 Å². The number of hydrogen-bond donors (Lipinski definition) is 1. The summed E-state index contributed by atoms with van der Waals surface area (Å²) in [7, 11) is 0. The van der Waals surface area contributed by atoms with Gasteiger partial charge in [0.1, 0.15) is 11.8 Å². The lowest BCUT2D eigenvalue weighted by Crippen LogP contribution is -2.33. The second-order valence-corrected chi connectivity index (χ2v) is 7.06. The first kappa shape index (κ1) is 18.5. The fourth-order valence-corrected chi connectivity index (χ4v) is 3.75. The van der Waals surface area contributed by atoms with Gasteiger partial charge in [-0.05, 0) is 37.0 Å². The van der Waals surface area contributed by atoms with Crippen molar-refractivity contribution in [3.05, 3.63) is 46.9 Å². The van der Waals surface area contributed by atoms with E-state index in [1.807, 2.05) is 13.8 Å². The van der Waals surface area contributed by atoms with E-state index in [1.54, 1.807) is 24.3 Å². The minimum Gasteiger partial charge on any atom is -0.494 e. The molecule has 6 nitrogen and oxygen atoms in total. The number of anilines is 1. The lowest BCUT2D eigenvalue weighted by molar-refractivity contribution is -0.145. The molecule has 0 bridgehead atoms. The molecular weight excluding hydrogens is 373 g/mol. The maximum Gasteiger partial charge on any atom is 0.453 e. The van der Waals surface area contributed by atoms with Gasteiger partial charge in [0.25, 0.3) is 5.82 Å². The molecular formula is C19H19F3N4O2. The number of nitrogens with one attached hydrogen (secondary N) is 1. The van der Waals surface area contributed by atoms with Gasteiger partial charge in [-0.3, -0.25) is 4.79 Å². The predicted molar refractivity (Wildman–Crippen MR) is 94.8 cm³/mol. The lowest BCUT2D eigenvalue weighted by atomic mass is 9.81. The molecule has 0 saturated heterocycles. The van der Waals surface area contributed by atoms with Gasteiger partial charge in [0.05, 0.1) is 6.61 Å². The number of carbonyl (C=O) groups excluding carboxylic acids is 1. The summed E-state index contributed by atoms with van der Waals surface area (Å²) in [4.78, 5) is 16.4. The summed E-state index contributed by atoms with van der Waals surface area (Å²) >= 11 is 0. The number of benzene rings is 1. The molecule has 148 valence electrons. The van der Waals surface area contributed by atoms with E-state index in [2.05, 4.69) is 15.4 Å². The Morgan fingerprint density at radius 2 is 1.96 bits per heavy atom. The quantitative estimate of drug-likeness (QED) is 0.856. The van der Waals surface area contributed by atoms with Gasteiger partial charge in [0.15, 0.2) is 5.78 Å². The Morgan fingerprint density at radius 3 is 2.61 bits per heavy atom. The van der Waals surface area contributed by atoms with Crippen molar-refractivity contribution in [3.63, 3.8) is 0 Å². The zero-order chi connectivity index (χ0) is 20.1. The zero-order valence-electron chi connectivity index (χ0n) is 15.4. The summed E-state index contributed by atoms with van der Waals surface area (Å²) < 4.78 is 46.2. The number of ketones is 1. The monoisotopic (exact) mass is 392 g/mol. The molecule has 2 aliphatic rings. The Labute approximate surface area is 159 Å². The van der Waals surface area contributed by atoms with E-state index < -0.39 is 18.0 Å². The number of rotatable bonds is 3. The van der Waals surface area contributed by atoms with Gasteiger partial charge < -0.3 is 10.1 Å². The summed E-state index contributed by atoms with van der Waals surface area (Å²) in [5.41, 5.74) is 1.73. The van der Waals surface area contributed by atoms with Crippen molar-refractivity contribution >= 4 is 11.7 Å². The number of hydrogen-bond acceptors (Lipinski definition) is 5. The summed E-state index contributed by atoms with van der Waals surface area (Å²) in [5, 5.41) is 6.59. The molecule has 0 radical (unpaired) electrons. The Morgan fingerprint density at radius 1 is 1.25 bits per heavy atom. The average Bonchev–Trinajstić information content (AvgIpc) is 3.05. The predicted octanol–water partition coefficient (Wildman–Crippen LogP) is 3.96. The van der Waals surface area contributed by atoms with Crippen molar-refractivity contribution in [1.29, 1.82) is 0 Å². The molecule has 2 aromatic rings. The van der Waals surface area contributed by atoms with Crippen LogP contribution in [-0.2, 0) is 11.0 Å². The van der Waals surface area contributed by atoms with Crippen molar-refractivity contribution in [2.45, 2.75) is 38.9 Å². The van der Waals surface area contributed by atoms with Crippen LogP contribution < -0.4 is 10.1 Å². The number of fused-ring (bicyclic) bond motifs is 1. The Balaban J connectivity index is 1.84. The highest BCUT2D eigenvalue weighted by molar-refractivity contribution is 5.99. The standard InChI is InChI=1S/C19H19F3N4O2/c1-3-28-12-6-4-11(5-7-12)16-15-13(8-10(2)9-14(15)27)23-18-24-17(19(20,21)22)25-26(16)18/h4-7,10,16H,3,8-9H2,1-2H3,(H,23,24,25). The fraction of sp³-hybridized carbons (Fsp3) is 0.421. The average molecular weight is 392 g/mol. The van der Waals surface area contributed by atoms with E-state index in [0.717, 1.165) is 4.68 Å². The molecule has 0 saturated carbocycles. The highest BCUT2D eigenvalue weighted by atomic mass is 19.4. The van der Waals surface area contributed by atoms with Crippen LogP contribution in [0.25, 0.3) is 0 Å². The molecule has 1 aliphatic carbocycles. The smallest absolute Gasteiger partial charge is 0.453 e. The van der Waals surface area contributed by atoms with Crippen LogP contribution in [-0.4, -0.2) is 27.2 Å². The number of aromatic nitrogens is 3. The highest BCUT2D eigenvalue weighted by Gasteiger charge is 2.42. The first-order valence-electron chi connectivity index (χ1n) is 9.07. The largest absolute Gasteiger partial charge is 0.494 e.